The number of carbonyl (C=O) groups excluding carboxylic acids is 3. The number of phosphoric ester groups is 1. The summed E-state index contributed by atoms with van der Waals surface area (Å²) in [5.41, 5.74) is 14.8. The molecule has 9 aromatic carbocycles. The molecule has 113 heavy (non-hydrogen) atoms. The first-order chi connectivity index (χ1) is 53.8. The lowest BCUT2D eigenvalue weighted by Crippen LogP contribution is -2.16. The summed E-state index contributed by atoms with van der Waals surface area (Å²) in [6.07, 6.45) is 0.590. The van der Waals surface area contributed by atoms with Gasteiger partial charge in [0.1, 0.15) is 0 Å². The predicted molar refractivity (Wildman–Crippen MR) is 452 cm³/mol. The average Bonchev–Trinajstić information content (AvgIpc) is 1.78. The van der Waals surface area contributed by atoms with Crippen LogP contribution >= 0.6 is 43.1 Å². The maximum Gasteiger partial charge on any atom is 0.480 e. The smallest absolute Gasteiger partial charge is 0.325 e. The molecule has 0 spiro atoms. The van der Waals surface area contributed by atoms with Crippen molar-refractivity contribution in [3.05, 3.63) is 234 Å². The van der Waals surface area contributed by atoms with E-state index in [1.54, 1.807) is 35.3 Å². The standard InChI is InChI=1S/C87H96N15O7PS3/c1-55(2)61-34-28-58(29-35-61)46-79(103)88-73-49-64(40-43-76(73)111-85(7,8)9)67-22-16-19-25-70(67)82-91-97-100(94-82)52-107-110(106,108-53-101-95-83(92-98-101)71-26-20-17-23-68(71)65-41-44-77(112-86(10,11)12)74(50-65)89-80(104)47-59-30-36-62(37-31-59)56(3)4)109-54-102-96-84(93-99-102)72-27-21-18-24-69(72)66-42-45-78(113-87(13,14)15)75(51-66)90-81(105)48-60-32-38-63(39-33-60)57(5)6/h16-45,49-51,55-57H,46-48,52-54H2,1-15H3,(H,88,103)(H,89,104)(H,90,105). The number of carbonyl (C=O) groups is 3. The van der Waals surface area contributed by atoms with Crippen LogP contribution in [0.2, 0.25) is 0 Å². The Kier molecular flexibility index (Phi) is 26.1. The Labute approximate surface area is 673 Å². The van der Waals surface area contributed by atoms with Crippen molar-refractivity contribution in [3.63, 3.8) is 0 Å². The second kappa shape index (κ2) is 35.8. The molecule has 12 aromatic rings. The summed E-state index contributed by atoms with van der Waals surface area (Å²) in [6, 6.07) is 65.1. The molecule has 0 unspecified atom stereocenters. The van der Waals surface area contributed by atoms with Crippen LogP contribution in [0.1, 0.15) is 155 Å². The molecule has 0 bridgehead atoms. The molecule has 0 radical (unpaired) electrons. The van der Waals surface area contributed by atoms with Crippen LogP contribution in [-0.2, 0) is 72.0 Å². The highest BCUT2D eigenvalue weighted by molar-refractivity contribution is 8.01. The van der Waals surface area contributed by atoms with Gasteiger partial charge in [-0.25, -0.2) is 4.57 Å². The van der Waals surface area contributed by atoms with Crippen molar-refractivity contribution in [3.8, 4) is 67.5 Å². The van der Waals surface area contributed by atoms with E-state index in [-0.39, 0.29) is 68.7 Å². The predicted octanol–water partition coefficient (Wildman–Crippen LogP) is 20.7. The number of nitrogens with zero attached hydrogens (tertiary/aromatic N) is 12. The van der Waals surface area contributed by atoms with E-state index in [9.17, 15) is 14.4 Å². The van der Waals surface area contributed by atoms with Crippen LogP contribution in [0.25, 0.3) is 67.5 Å². The van der Waals surface area contributed by atoms with Crippen LogP contribution in [0.15, 0.2) is 215 Å². The Morgan fingerprint density at radius 2 is 0.611 bits per heavy atom. The van der Waals surface area contributed by atoms with Gasteiger partial charge >= 0.3 is 7.82 Å². The number of anilines is 3. The summed E-state index contributed by atoms with van der Waals surface area (Å²) < 4.78 is 33.1. The Balaban J connectivity index is 0.809. The molecule has 0 aliphatic carbocycles. The van der Waals surface area contributed by atoms with E-state index in [0.717, 1.165) is 79.1 Å². The van der Waals surface area contributed by atoms with Gasteiger partial charge in [-0.05, 0) is 137 Å². The summed E-state index contributed by atoms with van der Waals surface area (Å²) in [5, 5.41) is 50.2. The van der Waals surface area contributed by atoms with Crippen molar-refractivity contribution in [1.29, 1.82) is 0 Å². The van der Waals surface area contributed by atoms with Gasteiger partial charge in [-0.2, -0.15) is 0 Å². The zero-order valence-electron chi connectivity index (χ0n) is 66.4. The van der Waals surface area contributed by atoms with E-state index < -0.39 is 28.0 Å². The molecule has 0 atom stereocenters. The second-order valence-corrected chi connectivity index (χ2v) is 38.7. The molecule has 22 nitrogen and oxygen atoms in total. The normalized spacial score (nSPS) is 12.1. The molecule has 0 aliphatic rings. The third-order valence-electron chi connectivity index (χ3n) is 17.8. The maximum atomic E-state index is 15.3. The molecule has 26 heteroatoms. The highest BCUT2D eigenvalue weighted by Crippen LogP contribution is 2.51. The number of thioether (sulfide) groups is 3. The van der Waals surface area contributed by atoms with Crippen molar-refractivity contribution in [1.82, 2.24) is 60.6 Å². The van der Waals surface area contributed by atoms with Crippen molar-refractivity contribution >= 4 is 77.9 Å². The van der Waals surface area contributed by atoms with Crippen LogP contribution in [0.3, 0.4) is 0 Å². The summed E-state index contributed by atoms with van der Waals surface area (Å²) in [4.78, 5) is 47.6. The van der Waals surface area contributed by atoms with Gasteiger partial charge in [0.25, 0.3) is 0 Å². The van der Waals surface area contributed by atoms with E-state index in [1.165, 1.54) is 16.7 Å². The molecule has 12 rings (SSSR count). The van der Waals surface area contributed by atoms with E-state index >= 15 is 4.57 Å². The first-order valence-corrected chi connectivity index (χ1v) is 41.5. The molecule has 0 aliphatic heterocycles. The number of benzene rings is 9. The molecule has 584 valence electrons. The number of hydrogen-bond donors (Lipinski definition) is 3. The lowest BCUT2D eigenvalue weighted by atomic mass is 9.98. The van der Waals surface area contributed by atoms with Crippen molar-refractivity contribution in [2.24, 2.45) is 0 Å². The minimum absolute atomic E-state index is 0.149. The number of phosphoric acid groups is 1. The number of nitrogens with one attached hydrogen (secondary N) is 3. The Morgan fingerprint density at radius 3 is 0.850 bits per heavy atom. The molecule has 0 saturated heterocycles. The largest absolute Gasteiger partial charge is 0.480 e. The molecule has 3 N–H and O–H groups in total. The average molecular weight is 1590 g/mol. The number of aromatic nitrogens is 12. The summed E-state index contributed by atoms with van der Waals surface area (Å²) in [7, 11) is -4.77. The highest BCUT2D eigenvalue weighted by atomic mass is 32.2. The van der Waals surface area contributed by atoms with E-state index in [0.29, 0.717) is 51.5 Å². The van der Waals surface area contributed by atoms with Gasteiger partial charge < -0.3 is 16.0 Å². The fourth-order valence-electron chi connectivity index (χ4n) is 12.3. The SMILES string of the molecule is CC(C)c1ccc(CC(=O)Nc2cc(-c3ccccc3-c3nnn(COP(=O)(OCn4nnc(-c5ccccc5-c5ccc(SC(C)(C)C)c(NC(=O)Cc6ccc(C(C)C)cc6)c5)n4)OCn4nnc(-c5ccccc5-c5ccc(SC(C)(C)C)c(NC(=O)Cc6ccc(C(C)C)cc6)c5)n4)n3)ccc2SC(C)(C)C)cc1. The third-order valence-corrected chi connectivity index (χ3v) is 22.7. The van der Waals surface area contributed by atoms with Crippen LogP contribution in [0.5, 0.6) is 0 Å². The molecular weight excluding hydrogens is 1490 g/mol. The third kappa shape index (κ3) is 22.6. The lowest BCUT2D eigenvalue weighted by molar-refractivity contribution is -0.116. The quantitative estimate of drug-likeness (QED) is 0.0279. The number of amides is 3. The Hall–Kier alpha value is -10.2. The zero-order chi connectivity index (χ0) is 80.4. The van der Waals surface area contributed by atoms with Gasteiger partial charge in [-0.3, -0.25) is 28.0 Å². The van der Waals surface area contributed by atoms with E-state index in [1.807, 2.05) is 164 Å². The van der Waals surface area contributed by atoms with Gasteiger partial charge in [-0.15, -0.1) is 80.3 Å². The fraction of sp³-hybridized carbons (Fsp3) is 0.310. The summed E-state index contributed by atoms with van der Waals surface area (Å²) in [6.45, 7) is 30.2. The van der Waals surface area contributed by atoms with E-state index in [2.05, 4.69) is 187 Å². The molecule has 3 aromatic heterocycles. The number of rotatable bonds is 30. The first kappa shape index (κ1) is 82.2. The van der Waals surface area contributed by atoms with Crippen LogP contribution in [0, 0.1) is 0 Å². The Morgan fingerprint density at radius 1 is 0.363 bits per heavy atom. The Bertz CT molecular complexity index is 4870. The highest BCUT2D eigenvalue weighted by Gasteiger charge is 2.31. The lowest BCUT2D eigenvalue weighted by Gasteiger charge is -2.21. The summed E-state index contributed by atoms with van der Waals surface area (Å²) >= 11 is 4.96. The van der Waals surface area contributed by atoms with Gasteiger partial charge in [0.2, 0.25) is 35.2 Å². The van der Waals surface area contributed by atoms with Crippen molar-refractivity contribution in [2.75, 3.05) is 16.0 Å². The van der Waals surface area contributed by atoms with Gasteiger partial charge in [0.15, 0.2) is 20.2 Å². The van der Waals surface area contributed by atoms with Gasteiger partial charge in [0, 0.05) is 45.6 Å². The van der Waals surface area contributed by atoms with Gasteiger partial charge in [0.05, 0.1) is 36.3 Å². The molecular formula is C87H96N15O7PS3. The first-order valence-electron chi connectivity index (χ1n) is 37.6. The topological polar surface area (TPSA) is 263 Å². The van der Waals surface area contributed by atoms with Gasteiger partial charge in [-0.1, -0.05) is 268 Å². The number of hydrogen-bond acceptors (Lipinski definition) is 19. The van der Waals surface area contributed by atoms with Crippen molar-refractivity contribution < 1.29 is 32.5 Å². The molecule has 0 saturated carbocycles. The fourth-order valence-corrected chi connectivity index (χ4v) is 16.3. The monoisotopic (exact) mass is 1590 g/mol. The maximum absolute atomic E-state index is 15.3. The van der Waals surface area contributed by atoms with Crippen LogP contribution in [-0.4, -0.2) is 92.6 Å². The zero-order valence-corrected chi connectivity index (χ0v) is 69.8. The minimum atomic E-state index is -4.77. The van der Waals surface area contributed by atoms with E-state index in [4.69, 9.17) is 28.9 Å². The minimum Gasteiger partial charge on any atom is -0.325 e. The molecule has 3 heterocycles. The van der Waals surface area contributed by atoms with Crippen LogP contribution < -0.4 is 16.0 Å². The summed E-state index contributed by atoms with van der Waals surface area (Å²) in [5.74, 6) is 1.32. The number of tetrazole rings is 3. The molecule has 3 amide bonds. The van der Waals surface area contributed by atoms with Crippen LogP contribution in [0.4, 0.5) is 17.1 Å². The second-order valence-electron chi connectivity index (χ2n) is 31.5. The molecule has 0 fully saturated rings. The van der Waals surface area contributed by atoms with Crippen molar-refractivity contribution in [2.45, 2.75) is 190 Å².